The SMILES string of the molecule is Cl.NC[C@@H]1CCc2ccc(OCCCS(=O)(=O)CC3CC3)cc2[C@@H]1Cc1ccccc1. The minimum atomic E-state index is -2.94. The second-order valence-corrected chi connectivity index (χ2v) is 11.2. The number of fused-ring (bicyclic) bond motifs is 1. The van der Waals surface area contributed by atoms with Gasteiger partial charge in [0.25, 0.3) is 0 Å². The molecule has 2 atom stereocenters. The molecule has 4 nitrogen and oxygen atoms in total. The van der Waals surface area contributed by atoms with Crippen LogP contribution in [0.3, 0.4) is 0 Å². The summed E-state index contributed by atoms with van der Waals surface area (Å²) in [6, 6.07) is 17.0. The van der Waals surface area contributed by atoms with Gasteiger partial charge in [0.05, 0.1) is 18.1 Å². The average molecular weight is 464 g/mol. The first-order valence-electron chi connectivity index (χ1n) is 11.2. The smallest absolute Gasteiger partial charge is 0.150 e. The second kappa shape index (κ2) is 10.8. The van der Waals surface area contributed by atoms with Gasteiger partial charge in [-0.2, -0.15) is 0 Å². The van der Waals surface area contributed by atoms with Crippen LogP contribution in [-0.4, -0.2) is 33.1 Å². The van der Waals surface area contributed by atoms with E-state index in [9.17, 15) is 8.42 Å². The van der Waals surface area contributed by atoms with Gasteiger partial charge < -0.3 is 10.5 Å². The second-order valence-electron chi connectivity index (χ2n) is 8.95. The Kier molecular flexibility index (Phi) is 8.43. The van der Waals surface area contributed by atoms with Crippen molar-refractivity contribution in [3.8, 4) is 5.75 Å². The molecule has 0 heterocycles. The van der Waals surface area contributed by atoms with E-state index in [0.717, 1.165) is 37.9 Å². The van der Waals surface area contributed by atoms with Gasteiger partial charge >= 0.3 is 0 Å². The summed E-state index contributed by atoms with van der Waals surface area (Å²) in [5.41, 5.74) is 10.2. The van der Waals surface area contributed by atoms with E-state index in [0.29, 0.717) is 43.1 Å². The van der Waals surface area contributed by atoms with Crippen molar-refractivity contribution < 1.29 is 13.2 Å². The van der Waals surface area contributed by atoms with Crippen molar-refractivity contribution in [2.75, 3.05) is 24.7 Å². The van der Waals surface area contributed by atoms with Crippen molar-refractivity contribution in [1.82, 2.24) is 0 Å². The zero-order chi connectivity index (χ0) is 21.0. The molecule has 0 saturated heterocycles. The lowest BCUT2D eigenvalue weighted by atomic mass is 9.72. The molecule has 2 N–H and O–H groups in total. The first kappa shape index (κ1) is 24.1. The van der Waals surface area contributed by atoms with E-state index in [1.165, 1.54) is 16.7 Å². The summed E-state index contributed by atoms with van der Waals surface area (Å²) in [4.78, 5) is 0. The molecule has 2 aliphatic rings. The third-order valence-corrected chi connectivity index (χ3v) is 8.42. The molecule has 0 bridgehead atoms. The van der Waals surface area contributed by atoms with Crippen LogP contribution in [0.2, 0.25) is 0 Å². The van der Waals surface area contributed by atoms with Crippen LogP contribution in [0, 0.1) is 11.8 Å². The fraction of sp³-hybridized carbons (Fsp3) is 0.520. The van der Waals surface area contributed by atoms with Gasteiger partial charge in [-0.3, -0.25) is 0 Å². The summed E-state index contributed by atoms with van der Waals surface area (Å²) in [6.45, 7) is 1.13. The Hall–Kier alpha value is -1.56. The zero-order valence-electron chi connectivity index (χ0n) is 18.0. The fourth-order valence-electron chi connectivity index (χ4n) is 4.65. The van der Waals surface area contributed by atoms with Gasteiger partial charge in [-0.25, -0.2) is 8.42 Å². The van der Waals surface area contributed by atoms with E-state index in [1.807, 2.05) is 6.07 Å². The molecule has 2 aromatic carbocycles. The van der Waals surface area contributed by atoms with Gasteiger partial charge in [0.15, 0.2) is 9.84 Å². The number of aryl methyl sites for hydroxylation is 1. The molecular formula is C25H34ClNO3S. The molecule has 1 saturated carbocycles. The third-order valence-electron chi connectivity index (χ3n) is 6.53. The summed E-state index contributed by atoms with van der Waals surface area (Å²) in [5.74, 6) is 2.69. The van der Waals surface area contributed by atoms with Crippen molar-refractivity contribution in [1.29, 1.82) is 0 Å². The molecule has 0 radical (unpaired) electrons. The maximum absolute atomic E-state index is 12.1. The number of ether oxygens (including phenoxy) is 1. The molecule has 31 heavy (non-hydrogen) atoms. The lowest BCUT2D eigenvalue weighted by Crippen LogP contribution is -2.28. The average Bonchev–Trinajstić information content (AvgIpc) is 3.55. The Morgan fingerprint density at radius 1 is 1.03 bits per heavy atom. The molecule has 0 spiro atoms. The quantitative estimate of drug-likeness (QED) is 0.525. The Bertz CT molecular complexity index is 944. The van der Waals surface area contributed by atoms with Gasteiger partial charge in [-0.05, 0) is 91.6 Å². The first-order chi connectivity index (χ1) is 14.5. The van der Waals surface area contributed by atoms with Gasteiger partial charge in [0, 0.05) is 0 Å². The number of benzene rings is 2. The van der Waals surface area contributed by atoms with Gasteiger partial charge in [0.1, 0.15) is 5.75 Å². The van der Waals surface area contributed by atoms with Gasteiger partial charge in [0.2, 0.25) is 0 Å². The lowest BCUT2D eigenvalue weighted by Gasteiger charge is -2.33. The standard InChI is InChI=1S/C25H33NO3S.ClH/c26-17-22-10-9-21-11-12-23(29-13-4-14-30(27,28)18-20-7-8-20)16-25(21)24(22)15-19-5-2-1-3-6-19;/h1-3,5-6,11-12,16,20,22,24H,4,7-10,13-15,17-18,26H2;1H/t22-,24+;/m0./s1. The summed E-state index contributed by atoms with van der Waals surface area (Å²) < 4.78 is 30.2. The molecule has 4 rings (SSSR count). The van der Waals surface area contributed by atoms with E-state index in [1.54, 1.807) is 0 Å². The molecule has 0 amide bonds. The van der Waals surface area contributed by atoms with E-state index in [4.69, 9.17) is 10.5 Å². The van der Waals surface area contributed by atoms with Crippen molar-refractivity contribution in [3.63, 3.8) is 0 Å². The highest BCUT2D eigenvalue weighted by molar-refractivity contribution is 7.91. The topological polar surface area (TPSA) is 69.4 Å². The van der Waals surface area contributed by atoms with Crippen LogP contribution in [0.25, 0.3) is 0 Å². The number of hydrogen-bond donors (Lipinski definition) is 1. The molecule has 0 aromatic heterocycles. The number of halogens is 1. The van der Waals surface area contributed by atoms with Crippen LogP contribution in [-0.2, 0) is 22.7 Å². The molecule has 0 aliphatic heterocycles. The monoisotopic (exact) mass is 463 g/mol. The minimum Gasteiger partial charge on any atom is -0.494 e. The van der Waals surface area contributed by atoms with Gasteiger partial charge in [-0.1, -0.05) is 36.4 Å². The molecule has 6 heteroatoms. The van der Waals surface area contributed by atoms with Crippen LogP contribution >= 0.6 is 12.4 Å². The summed E-state index contributed by atoms with van der Waals surface area (Å²) >= 11 is 0. The highest BCUT2D eigenvalue weighted by Crippen LogP contribution is 2.39. The van der Waals surface area contributed by atoms with Crippen LogP contribution in [0.4, 0.5) is 0 Å². The molecule has 2 aromatic rings. The number of rotatable bonds is 10. The molecule has 170 valence electrons. The summed E-state index contributed by atoms with van der Waals surface area (Å²) in [7, 11) is -2.94. The van der Waals surface area contributed by atoms with Crippen LogP contribution in [0.5, 0.6) is 5.75 Å². The summed E-state index contributed by atoms with van der Waals surface area (Å²) in [6.07, 6.45) is 5.85. The summed E-state index contributed by atoms with van der Waals surface area (Å²) in [5, 5.41) is 0. The molecule has 1 fully saturated rings. The van der Waals surface area contributed by atoms with Crippen LogP contribution in [0.1, 0.15) is 48.3 Å². The number of nitrogens with two attached hydrogens (primary N) is 1. The minimum absolute atomic E-state index is 0. The van der Waals surface area contributed by atoms with E-state index >= 15 is 0 Å². The Morgan fingerprint density at radius 2 is 1.81 bits per heavy atom. The molecule has 0 unspecified atom stereocenters. The van der Waals surface area contributed by atoms with E-state index in [-0.39, 0.29) is 18.2 Å². The van der Waals surface area contributed by atoms with Crippen molar-refractivity contribution in [2.45, 2.75) is 44.4 Å². The van der Waals surface area contributed by atoms with Crippen LogP contribution in [0.15, 0.2) is 48.5 Å². The predicted molar refractivity (Wildman–Crippen MR) is 129 cm³/mol. The zero-order valence-corrected chi connectivity index (χ0v) is 19.7. The molecule has 2 aliphatic carbocycles. The highest BCUT2D eigenvalue weighted by atomic mass is 35.5. The normalized spacial score (nSPS) is 20.5. The van der Waals surface area contributed by atoms with E-state index in [2.05, 4.69) is 42.5 Å². The largest absolute Gasteiger partial charge is 0.494 e. The Morgan fingerprint density at radius 3 is 2.52 bits per heavy atom. The third kappa shape index (κ3) is 6.71. The number of sulfone groups is 1. The number of hydrogen-bond acceptors (Lipinski definition) is 4. The van der Waals surface area contributed by atoms with Crippen molar-refractivity contribution in [2.24, 2.45) is 17.6 Å². The first-order valence-corrected chi connectivity index (χ1v) is 13.1. The van der Waals surface area contributed by atoms with Gasteiger partial charge in [-0.15, -0.1) is 12.4 Å². The maximum atomic E-state index is 12.1. The van der Waals surface area contributed by atoms with E-state index < -0.39 is 9.84 Å². The lowest BCUT2D eigenvalue weighted by molar-refractivity contribution is 0.314. The fourth-order valence-corrected chi connectivity index (χ4v) is 6.43. The Balaban J connectivity index is 0.00000272. The predicted octanol–water partition coefficient (Wildman–Crippen LogP) is 4.55. The van der Waals surface area contributed by atoms with Crippen molar-refractivity contribution in [3.05, 3.63) is 65.2 Å². The highest BCUT2D eigenvalue weighted by Gasteiger charge is 2.29. The van der Waals surface area contributed by atoms with Crippen molar-refractivity contribution >= 4 is 22.2 Å². The Labute approximate surface area is 192 Å². The van der Waals surface area contributed by atoms with Crippen LogP contribution < -0.4 is 10.5 Å². The molecular weight excluding hydrogens is 430 g/mol. The maximum Gasteiger partial charge on any atom is 0.150 e.